The lowest BCUT2D eigenvalue weighted by Crippen LogP contribution is -2.61. The van der Waals surface area contributed by atoms with Gasteiger partial charge < -0.3 is 38.3 Å². The molecule has 15 atom stereocenters. The van der Waals surface area contributed by atoms with Gasteiger partial charge in [-0.05, 0) is 98.9 Å². The predicted molar refractivity (Wildman–Crippen MR) is 232 cm³/mol. The third kappa shape index (κ3) is 10.5. The average molecular weight is 909 g/mol. The van der Waals surface area contributed by atoms with Crippen LogP contribution in [0.2, 0.25) is 5.02 Å². The van der Waals surface area contributed by atoms with Gasteiger partial charge >= 0.3 is 24.2 Å². The number of ether oxygens (including phenoxy) is 7. The highest BCUT2D eigenvalue weighted by atomic mass is 35.5. The van der Waals surface area contributed by atoms with E-state index in [2.05, 4.69) is 4.90 Å². The SMILES string of the molecule is CC[C@H]1OC(=O)[C@H](C)[C@@H](OC(=O)N2C(=O)OC[C@H]2C)[C@H](C)[C@@H](O[C@@H]2O[C@H](C)C[C@H](N(C)C(C)C)[C@H]2O)[C@@](C)(OC)C[C@@H](C)C(=O)[C@H](C)[C@H]2N(CCc3ccc(Cl)cc3)C(=O)O[C@]12C. The number of esters is 1. The molecule has 4 fully saturated rings. The number of aliphatic hydroxyl groups excluding tert-OH is 1. The Hall–Kier alpha value is -3.54. The highest BCUT2D eigenvalue weighted by Crippen LogP contribution is 2.44. The van der Waals surface area contributed by atoms with Crippen LogP contribution in [-0.2, 0) is 49.2 Å². The zero-order valence-corrected chi connectivity index (χ0v) is 40.0. The minimum atomic E-state index is -1.49. The molecule has 17 heteroatoms. The van der Waals surface area contributed by atoms with Crippen LogP contribution in [0.3, 0.4) is 0 Å². The van der Waals surface area contributed by atoms with E-state index in [4.69, 9.17) is 44.8 Å². The quantitative estimate of drug-likeness (QED) is 0.195. The van der Waals surface area contributed by atoms with Crippen LogP contribution in [0.4, 0.5) is 14.4 Å². The Bertz CT molecular complexity index is 1800. The van der Waals surface area contributed by atoms with Crippen LogP contribution < -0.4 is 0 Å². The van der Waals surface area contributed by atoms with Crippen molar-refractivity contribution in [1.82, 2.24) is 14.7 Å². The van der Waals surface area contributed by atoms with E-state index in [-0.39, 0.29) is 50.0 Å². The van der Waals surface area contributed by atoms with Gasteiger partial charge in [0.1, 0.15) is 30.7 Å². The van der Waals surface area contributed by atoms with Crippen LogP contribution in [0, 0.1) is 23.7 Å². The molecule has 1 aromatic rings. The molecule has 0 bridgehead atoms. The molecular formula is C46H70ClN3O13. The molecule has 4 saturated heterocycles. The number of likely N-dealkylation sites (N-methyl/N-ethyl adjacent to an activating group) is 1. The highest BCUT2D eigenvalue weighted by molar-refractivity contribution is 6.30. The standard InChI is InChI=1S/C46H70ClN3O13/c1-14-34-46(11)38(49(42(54)63-46)20-19-31-15-17-32(47)18-16-31)28(7)35(51)25(4)22-45(10,57-13)39(62-41-36(52)33(21-27(6)59-41)48(12)24(2)3)29(8)37(30(9)40(53)60-34)61-44(56)50-26(5)23-58-43(50)55/h15-18,24-30,33-34,36-39,41,52H,14,19-23H2,1-13H3/t25-,26-,27-,28+,29+,30-,33+,34-,36-,37+,38-,39-,41+,45+,46-/m1/s1. The molecule has 63 heavy (non-hydrogen) atoms. The van der Waals surface area contributed by atoms with Crippen molar-refractivity contribution in [2.24, 2.45) is 23.7 Å². The predicted octanol–water partition coefficient (Wildman–Crippen LogP) is 6.64. The van der Waals surface area contributed by atoms with Crippen LogP contribution in [0.15, 0.2) is 24.3 Å². The molecule has 5 rings (SSSR count). The fourth-order valence-electron chi connectivity index (χ4n) is 10.2. The number of ketones is 1. The fraction of sp³-hybridized carbons (Fsp3) is 0.761. The molecular weight excluding hydrogens is 838 g/mol. The number of aliphatic hydroxyl groups is 1. The molecule has 0 aromatic heterocycles. The number of rotatable bonds is 10. The van der Waals surface area contributed by atoms with Gasteiger partial charge in [0, 0.05) is 48.5 Å². The number of amides is 3. The molecule has 0 radical (unpaired) electrons. The molecule has 1 aromatic carbocycles. The first-order chi connectivity index (χ1) is 29.5. The normalized spacial score (nSPS) is 38.3. The third-order valence-electron chi connectivity index (χ3n) is 14.1. The number of Topliss-reactive ketones (excluding diaryl/α,β-unsaturated/α-hetero) is 1. The summed E-state index contributed by atoms with van der Waals surface area (Å²) in [6.45, 7) is 19.8. The van der Waals surface area contributed by atoms with E-state index < -0.39 is 102 Å². The first kappa shape index (κ1) is 50.5. The van der Waals surface area contributed by atoms with Gasteiger partial charge in [-0.3, -0.25) is 19.4 Å². The van der Waals surface area contributed by atoms with E-state index in [0.29, 0.717) is 17.9 Å². The molecule has 0 aliphatic carbocycles. The number of hydrogen-bond acceptors (Lipinski definition) is 14. The number of carbonyl (C=O) groups is 5. The Morgan fingerprint density at radius 1 is 1.02 bits per heavy atom. The maximum absolute atomic E-state index is 15.0. The second-order valence-corrected chi connectivity index (χ2v) is 19.4. The average Bonchev–Trinajstić information content (AvgIpc) is 3.71. The van der Waals surface area contributed by atoms with Crippen LogP contribution in [0.5, 0.6) is 0 Å². The number of cyclic esters (lactones) is 2. The first-order valence-electron chi connectivity index (χ1n) is 22.4. The monoisotopic (exact) mass is 907 g/mol. The maximum Gasteiger partial charge on any atom is 0.419 e. The van der Waals surface area contributed by atoms with Crippen molar-refractivity contribution in [3.63, 3.8) is 0 Å². The molecule has 1 N–H and O–H groups in total. The maximum atomic E-state index is 15.0. The second kappa shape index (κ2) is 20.3. The van der Waals surface area contributed by atoms with E-state index in [1.807, 2.05) is 40.0 Å². The van der Waals surface area contributed by atoms with Crippen molar-refractivity contribution in [3.05, 3.63) is 34.9 Å². The summed E-state index contributed by atoms with van der Waals surface area (Å²) >= 11 is 6.15. The Kier molecular flexibility index (Phi) is 16.3. The summed E-state index contributed by atoms with van der Waals surface area (Å²) in [6.07, 6.45) is -7.58. The molecule has 0 unspecified atom stereocenters. The number of hydrogen-bond donors (Lipinski definition) is 1. The van der Waals surface area contributed by atoms with Crippen molar-refractivity contribution < 1.29 is 62.2 Å². The molecule has 0 saturated carbocycles. The minimum absolute atomic E-state index is 0.0436. The summed E-state index contributed by atoms with van der Waals surface area (Å²) in [5, 5.41) is 12.5. The lowest BCUT2D eigenvalue weighted by atomic mass is 9.73. The molecule has 4 aliphatic rings. The Morgan fingerprint density at radius 2 is 1.67 bits per heavy atom. The smallest absolute Gasteiger partial charge is 0.419 e. The largest absolute Gasteiger partial charge is 0.458 e. The van der Waals surface area contributed by atoms with Gasteiger partial charge in [0.2, 0.25) is 0 Å². The lowest BCUT2D eigenvalue weighted by Gasteiger charge is -2.49. The Balaban J connectivity index is 1.62. The number of methoxy groups -OCH3 is 1. The molecule has 3 amide bonds. The van der Waals surface area contributed by atoms with Crippen LogP contribution >= 0.6 is 11.6 Å². The van der Waals surface area contributed by atoms with Crippen LogP contribution in [0.25, 0.3) is 0 Å². The van der Waals surface area contributed by atoms with E-state index in [1.54, 1.807) is 72.4 Å². The van der Waals surface area contributed by atoms with Crippen molar-refractivity contribution in [2.75, 3.05) is 27.3 Å². The molecule has 16 nitrogen and oxygen atoms in total. The lowest BCUT2D eigenvalue weighted by molar-refractivity contribution is -0.302. The van der Waals surface area contributed by atoms with Gasteiger partial charge in [-0.25, -0.2) is 19.3 Å². The summed E-state index contributed by atoms with van der Waals surface area (Å²) in [4.78, 5) is 74.9. The van der Waals surface area contributed by atoms with Crippen molar-refractivity contribution in [1.29, 1.82) is 0 Å². The molecule has 4 aliphatic heterocycles. The van der Waals surface area contributed by atoms with Crippen LogP contribution in [-0.4, -0.2) is 149 Å². The summed E-state index contributed by atoms with van der Waals surface area (Å²) in [5.41, 5.74) is -1.95. The van der Waals surface area contributed by atoms with Gasteiger partial charge in [0.05, 0.1) is 35.8 Å². The van der Waals surface area contributed by atoms with E-state index in [1.165, 1.54) is 7.11 Å². The summed E-state index contributed by atoms with van der Waals surface area (Å²) in [5.74, 6) is -4.68. The number of halogens is 1. The molecule has 354 valence electrons. The number of imide groups is 1. The second-order valence-electron chi connectivity index (χ2n) is 18.9. The Labute approximate surface area is 377 Å². The van der Waals surface area contributed by atoms with Crippen molar-refractivity contribution in [2.45, 2.75) is 174 Å². The number of nitrogens with zero attached hydrogens (tertiary/aromatic N) is 3. The third-order valence-corrected chi connectivity index (χ3v) is 14.3. The molecule has 0 spiro atoms. The van der Waals surface area contributed by atoms with Gasteiger partial charge in [-0.2, -0.15) is 0 Å². The van der Waals surface area contributed by atoms with E-state index in [0.717, 1.165) is 10.5 Å². The zero-order valence-electron chi connectivity index (χ0n) is 39.2. The summed E-state index contributed by atoms with van der Waals surface area (Å²) in [7, 11) is 3.41. The van der Waals surface area contributed by atoms with E-state index in [9.17, 15) is 29.1 Å². The number of carbonyl (C=O) groups excluding carboxylic acids is 5. The van der Waals surface area contributed by atoms with Gasteiger partial charge in [-0.15, -0.1) is 0 Å². The number of fused-ring (bicyclic) bond motifs is 1. The zero-order chi connectivity index (χ0) is 46.9. The molecule has 4 heterocycles. The first-order valence-corrected chi connectivity index (χ1v) is 22.8. The van der Waals surface area contributed by atoms with Crippen molar-refractivity contribution >= 4 is 41.6 Å². The van der Waals surface area contributed by atoms with Crippen LogP contribution in [0.1, 0.15) is 101 Å². The summed E-state index contributed by atoms with van der Waals surface area (Å²) < 4.78 is 43.4. The topological polar surface area (TPSA) is 180 Å². The van der Waals surface area contributed by atoms with Gasteiger partial charge in [0.15, 0.2) is 11.9 Å². The Morgan fingerprint density at radius 3 is 2.24 bits per heavy atom. The summed E-state index contributed by atoms with van der Waals surface area (Å²) in [6, 6.07) is 5.47. The fourth-order valence-corrected chi connectivity index (χ4v) is 10.3. The number of benzene rings is 1. The van der Waals surface area contributed by atoms with Gasteiger partial charge in [-0.1, -0.05) is 51.4 Å². The van der Waals surface area contributed by atoms with E-state index >= 15 is 0 Å². The highest BCUT2D eigenvalue weighted by Gasteiger charge is 2.61. The van der Waals surface area contributed by atoms with Crippen molar-refractivity contribution in [3.8, 4) is 0 Å². The van der Waals surface area contributed by atoms with Gasteiger partial charge in [0.25, 0.3) is 0 Å². The minimum Gasteiger partial charge on any atom is -0.458 e.